The minimum Gasteiger partial charge on any atom is -0.497 e. The first-order chi connectivity index (χ1) is 10.2. The van der Waals surface area contributed by atoms with Crippen molar-refractivity contribution in [3.63, 3.8) is 0 Å². The molecule has 0 aromatic heterocycles. The first-order valence-electron chi connectivity index (χ1n) is 7.24. The molecule has 1 saturated carbocycles. The molecule has 1 aromatic carbocycles. The Hall–Kier alpha value is -1.75. The van der Waals surface area contributed by atoms with Crippen LogP contribution < -0.4 is 9.47 Å². The van der Waals surface area contributed by atoms with Crippen LogP contribution in [0.3, 0.4) is 0 Å². The average Bonchev–Trinajstić information content (AvgIpc) is 2.54. The van der Waals surface area contributed by atoms with E-state index in [1.807, 2.05) is 18.2 Å². The van der Waals surface area contributed by atoms with Gasteiger partial charge in [0.15, 0.2) is 0 Å². The molecular formula is C16H23NO4. The molecule has 1 aliphatic carbocycles. The van der Waals surface area contributed by atoms with Gasteiger partial charge in [-0.15, -0.1) is 0 Å². The first-order valence-corrected chi connectivity index (χ1v) is 7.24. The van der Waals surface area contributed by atoms with Gasteiger partial charge in [0.2, 0.25) is 0 Å². The number of hydrogen-bond acceptors (Lipinski definition) is 5. The Morgan fingerprint density at radius 2 is 2.00 bits per heavy atom. The van der Waals surface area contributed by atoms with Crippen LogP contribution in [0.2, 0.25) is 0 Å². The van der Waals surface area contributed by atoms with E-state index in [2.05, 4.69) is 5.16 Å². The van der Waals surface area contributed by atoms with E-state index in [-0.39, 0.29) is 12.2 Å². The third-order valence-electron chi connectivity index (χ3n) is 3.93. The highest BCUT2D eigenvalue weighted by atomic mass is 16.5. The number of hydrogen-bond donors (Lipinski definition) is 1. The van der Waals surface area contributed by atoms with Gasteiger partial charge in [0.05, 0.1) is 18.9 Å². The fourth-order valence-corrected chi connectivity index (χ4v) is 2.68. The zero-order valence-electron chi connectivity index (χ0n) is 12.8. The van der Waals surface area contributed by atoms with Crippen LogP contribution >= 0.6 is 0 Å². The minimum atomic E-state index is 0.112. The fourth-order valence-electron chi connectivity index (χ4n) is 2.68. The summed E-state index contributed by atoms with van der Waals surface area (Å²) in [6.07, 6.45) is 4.42. The Morgan fingerprint density at radius 1 is 1.24 bits per heavy atom. The summed E-state index contributed by atoms with van der Waals surface area (Å²) in [5, 5.41) is 12.3. The summed E-state index contributed by atoms with van der Waals surface area (Å²) in [4.78, 5) is 0. The van der Waals surface area contributed by atoms with Gasteiger partial charge in [-0.25, -0.2) is 0 Å². The number of benzene rings is 1. The van der Waals surface area contributed by atoms with E-state index in [1.54, 1.807) is 21.1 Å². The molecule has 0 amide bonds. The van der Waals surface area contributed by atoms with Crippen LogP contribution in [0.1, 0.15) is 38.2 Å². The highest BCUT2D eigenvalue weighted by Gasteiger charge is 2.24. The van der Waals surface area contributed by atoms with Crippen molar-refractivity contribution in [3.05, 3.63) is 23.8 Å². The second-order valence-electron chi connectivity index (χ2n) is 5.31. The molecule has 1 fully saturated rings. The normalized spacial score (nSPS) is 22.9. The largest absolute Gasteiger partial charge is 0.497 e. The predicted octanol–water partition coefficient (Wildman–Crippen LogP) is 3.23. The molecule has 21 heavy (non-hydrogen) atoms. The lowest BCUT2D eigenvalue weighted by atomic mass is 9.94. The Balaban J connectivity index is 2.20. The standard InChI is InChI=1S/C16H23NO4/c1-11(17-18)15-8-7-13(20-3)10-16(15)21-14-6-4-5-12(9-14)19-2/h7-8,10,12,14,18H,4-6,9H2,1-3H3/b17-11+. The molecule has 2 rings (SSSR count). The molecule has 116 valence electrons. The zero-order valence-corrected chi connectivity index (χ0v) is 12.8. The molecule has 5 nitrogen and oxygen atoms in total. The molecule has 0 saturated heterocycles. The number of nitrogens with zero attached hydrogens (tertiary/aromatic N) is 1. The SMILES string of the molecule is COc1ccc(/C(C)=N/O)c(OC2CCCC(OC)C2)c1. The Morgan fingerprint density at radius 3 is 2.67 bits per heavy atom. The van der Waals surface area contributed by atoms with E-state index in [4.69, 9.17) is 19.4 Å². The lowest BCUT2D eigenvalue weighted by Gasteiger charge is -2.29. The third kappa shape index (κ3) is 3.88. The van der Waals surface area contributed by atoms with Gasteiger partial charge < -0.3 is 19.4 Å². The van der Waals surface area contributed by atoms with Gasteiger partial charge in [-0.05, 0) is 38.3 Å². The molecule has 0 heterocycles. The van der Waals surface area contributed by atoms with Gasteiger partial charge >= 0.3 is 0 Å². The van der Waals surface area contributed by atoms with E-state index in [1.165, 1.54) is 0 Å². The number of ether oxygens (including phenoxy) is 3. The van der Waals surface area contributed by atoms with E-state index in [9.17, 15) is 0 Å². The lowest BCUT2D eigenvalue weighted by Crippen LogP contribution is -2.29. The Kier molecular flexibility index (Phi) is 5.44. The second-order valence-corrected chi connectivity index (χ2v) is 5.31. The summed E-state index contributed by atoms with van der Waals surface area (Å²) in [5.74, 6) is 1.41. The van der Waals surface area contributed by atoms with Crippen LogP contribution in [-0.4, -0.2) is 37.3 Å². The van der Waals surface area contributed by atoms with Gasteiger partial charge in [0.1, 0.15) is 17.6 Å². The van der Waals surface area contributed by atoms with Crippen molar-refractivity contribution >= 4 is 5.71 Å². The van der Waals surface area contributed by atoms with Crippen LogP contribution in [-0.2, 0) is 4.74 Å². The summed E-state index contributed by atoms with van der Waals surface area (Å²) in [6, 6.07) is 5.51. The van der Waals surface area contributed by atoms with Gasteiger partial charge in [-0.1, -0.05) is 5.16 Å². The fraction of sp³-hybridized carbons (Fsp3) is 0.562. The zero-order chi connectivity index (χ0) is 15.2. The van der Waals surface area contributed by atoms with Crippen LogP contribution in [0.25, 0.3) is 0 Å². The number of rotatable bonds is 5. The molecule has 1 aromatic rings. The highest BCUT2D eigenvalue weighted by molar-refractivity contribution is 6.00. The molecule has 2 unspecified atom stereocenters. The predicted molar refractivity (Wildman–Crippen MR) is 80.7 cm³/mol. The van der Waals surface area contributed by atoms with Gasteiger partial charge in [-0.2, -0.15) is 0 Å². The second kappa shape index (κ2) is 7.31. The van der Waals surface area contributed by atoms with Gasteiger partial charge in [-0.3, -0.25) is 0 Å². The first kappa shape index (κ1) is 15.6. The summed E-state index contributed by atoms with van der Waals surface area (Å²) in [6.45, 7) is 1.74. The summed E-state index contributed by atoms with van der Waals surface area (Å²) >= 11 is 0. The van der Waals surface area contributed by atoms with Crippen molar-refractivity contribution in [2.75, 3.05) is 14.2 Å². The summed E-state index contributed by atoms with van der Waals surface area (Å²) in [5.41, 5.74) is 1.30. The number of oxime groups is 1. The van der Waals surface area contributed by atoms with Crippen LogP contribution in [0.5, 0.6) is 11.5 Å². The summed E-state index contributed by atoms with van der Waals surface area (Å²) in [7, 11) is 3.36. The van der Waals surface area contributed by atoms with E-state index >= 15 is 0 Å². The maximum atomic E-state index is 9.01. The molecule has 0 radical (unpaired) electrons. The Bertz CT molecular complexity index is 501. The highest BCUT2D eigenvalue weighted by Crippen LogP contribution is 2.30. The smallest absolute Gasteiger partial charge is 0.132 e. The number of methoxy groups -OCH3 is 2. The van der Waals surface area contributed by atoms with Gasteiger partial charge in [0.25, 0.3) is 0 Å². The van der Waals surface area contributed by atoms with E-state index < -0.39 is 0 Å². The van der Waals surface area contributed by atoms with Crippen molar-refractivity contribution in [2.24, 2.45) is 5.16 Å². The third-order valence-corrected chi connectivity index (χ3v) is 3.93. The molecule has 1 N–H and O–H groups in total. The van der Waals surface area contributed by atoms with Crippen molar-refractivity contribution in [1.82, 2.24) is 0 Å². The lowest BCUT2D eigenvalue weighted by molar-refractivity contribution is 0.0208. The Labute approximate surface area is 125 Å². The van der Waals surface area contributed by atoms with Gasteiger partial charge in [0, 0.05) is 25.2 Å². The molecule has 2 atom stereocenters. The van der Waals surface area contributed by atoms with E-state index in [0.717, 1.165) is 37.0 Å². The van der Waals surface area contributed by atoms with Crippen molar-refractivity contribution in [1.29, 1.82) is 0 Å². The van der Waals surface area contributed by atoms with Crippen molar-refractivity contribution < 1.29 is 19.4 Å². The quantitative estimate of drug-likeness (QED) is 0.514. The molecule has 1 aliphatic rings. The van der Waals surface area contributed by atoms with Crippen LogP contribution in [0.15, 0.2) is 23.4 Å². The summed E-state index contributed by atoms with van der Waals surface area (Å²) < 4.78 is 16.8. The maximum absolute atomic E-state index is 9.01. The molecular weight excluding hydrogens is 270 g/mol. The topological polar surface area (TPSA) is 60.3 Å². The van der Waals surface area contributed by atoms with E-state index in [0.29, 0.717) is 11.5 Å². The monoisotopic (exact) mass is 293 g/mol. The molecule has 0 spiro atoms. The maximum Gasteiger partial charge on any atom is 0.132 e. The van der Waals surface area contributed by atoms with Crippen molar-refractivity contribution in [3.8, 4) is 11.5 Å². The molecule has 5 heteroatoms. The minimum absolute atomic E-state index is 0.112. The van der Waals surface area contributed by atoms with Crippen molar-refractivity contribution in [2.45, 2.75) is 44.8 Å². The average molecular weight is 293 g/mol. The van der Waals surface area contributed by atoms with Crippen LogP contribution in [0, 0.1) is 0 Å². The molecule has 0 bridgehead atoms. The molecule has 0 aliphatic heterocycles. The van der Waals surface area contributed by atoms with Crippen LogP contribution in [0.4, 0.5) is 0 Å².